The molecule has 1 N–H and O–H groups in total. The Kier molecular flexibility index (Phi) is 8.11. The van der Waals surface area contributed by atoms with Gasteiger partial charge in [-0.1, -0.05) is 18.2 Å². The molecule has 2 rings (SSSR count). The summed E-state index contributed by atoms with van der Waals surface area (Å²) in [7, 11) is -3.09. The molecule has 8 heteroatoms. The van der Waals surface area contributed by atoms with E-state index in [0.717, 1.165) is 0 Å². The van der Waals surface area contributed by atoms with Crippen LogP contribution < -0.4 is 5.32 Å². The fraction of sp³-hybridized carbons (Fsp3) is 0.588. The molecule has 25 heavy (non-hydrogen) atoms. The Morgan fingerprint density at radius 2 is 2.04 bits per heavy atom. The Bertz CT molecular complexity index is 708. The van der Waals surface area contributed by atoms with Gasteiger partial charge in [-0.3, -0.25) is 4.99 Å². The second kappa shape index (κ2) is 9.16. The zero-order valence-electron chi connectivity index (χ0n) is 15.0. The van der Waals surface area contributed by atoms with Gasteiger partial charge in [-0.2, -0.15) is 0 Å². The lowest BCUT2D eigenvalue weighted by Gasteiger charge is -2.39. The molecule has 0 aliphatic carbocycles. The molecule has 0 bridgehead atoms. The highest BCUT2D eigenvalue weighted by molar-refractivity contribution is 14.0. The highest BCUT2D eigenvalue weighted by atomic mass is 127. The van der Waals surface area contributed by atoms with Crippen molar-refractivity contribution in [1.29, 1.82) is 0 Å². The minimum absolute atomic E-state index is 0. The van der Waals surface area contributed by atoms with Crippen LogP contribution in [-0.2, 0) is 16.3 Å². The predicted octanol–water partition coefficient (Wildman–Crippen LogP) is 2.46. The minimum Gasteiger partial charge on any atom is -0.357 e. The van der Waals surface area contributed by atoms with Crippen molar-refractivity contribution in [2.45, 2.75) is 31.9 Å². The summed E-state index contributed by atoms with van der Waals surface area (Å²) < 4.78 is 37.1. The maximum Gasteiger partial charge on any atom is 0.194 e. The quantitative estimate of drug-likeness (QED) is 0.406. The number of guanidine groups is 1. The topological polar surface area (TPSA) is 61.8 Å². The van der Waals surface area contributed by atoms with Crippen molar-refractivity contribution in [3.63, 3.8) is 0 Å². The van der Waals surface area contributed by atoms with E-state index in [1.807, 2.05) is 17.9 Å². The fourth-order valence-corrected chi connectivity index (χ4v) is 4.10. The third kappa shape index (κ3) is 5.54. The van der Waals surface area contributed by atoms with Gasteiger partial charge in [0.25, 0.3) is 0 Å². The van der Waals surface area contributed by atoms with Gasteiger partial charge in [-0.05, 0) is 38.8 Å². The van der Waals surface area contributed by atoms with Crippen LogP contribution in [0.1, 0.15) is 26.3 Å². The van der Waals surface area contributed by atoms with E-state index in [9.17, 15) is 12.8 Å². The summed E-state index contributed by atoms with van der Waals surface area (Å²) in [4.78, 5) is 6.53. The molecule has 0 spiro atoms. The molecule has 0 atom stereocenters. The van der Waals surface area contributed by atoms with Crippen LogP contribution in [0.2, 0.25) is 0 Å². The van der Waals surface area contributed by atoms with Crippen LogP contribution in [0.3, 0.4) is 0 Å². The lowest BCUT2D eigenvalue weighted by molar-refractivity contribution is 0.353. The van der Waals surface area contributed by atoms with Gasteiger partial charge in [0, 0.05) is 26.2 Å². The first-order valence-electron chi connectivity index (χ1n) is 8.26. The summed E-state index contributed by atoms with van der Waals surface area (Å²) in [5.74, 6) is 0.595. The number of nitrogens with zero attached hydrogens (tertiary/aromatic N) is 2. The van der Waals surface area contributed by atoms with Crippen molar-refractivity contribution in [2.24, 2.45) is 4.99 Å². The second-order valence-corrected chi connectivity index (χ2v) is 9.32. The Hall–Kier alpha value is -0.900. The van der Waals surface area contributed by atoms with Crippen LogP contribution in [0.25, 0.3) is 0 Å². The van der Waals surface area contributed by atoms with Gasteiger partial charge in [0.1, 0.15) is 5.82 Å². The standard InChI is InChI=1S/C17H26FN3O2S.HI/c1-4-19-16(20-10-9-14-7-5-6-8-15(14)18)21-11-12-24(22,23)17(2,3)13-21;/h5-8H,4,9-13H2,1-3H3,(H,19,20);1H. The van der Waals surface area contributed by atoms with Gasteiger partial charge in [0.05, 0.1) is 10.5 Å². The maximum absolute atomic E-state index is 13.7. The lowest BCUT2D eigenvalue weighted by Crippen LogP contribution is -2.57. The lowest BCUT2D eigenvalue weighted by atomic mass is 10.1. The molecule has 1 aromatic carbocycles. The van der Waals surface area contributed by atoms with Crippen LogP contribution in [0.4, 0.5) is 4.39 Å². The van der Waals surface area contributed by atoms with Crippen molar-refractivity contribution >= 4 is 39.8 Å². The molecule has 1 heterocycles. The smallest absolute Gasteiger partial charge is 0.194 e. The number of sulfone groups is 1. The average molecular weight is 483 g/mol. The Morgan fingerprint density at radius 1 is 1.36 bits per heavy atom. The maximum atomic E-state index is 13.7. The molecule has 0 aromatic heterocycles. The average Bonchev–Trinajstić information content (AvgIpc) is 2.51. The highest BCUT2D eigenvalue weighted by Crippen LogP contribution is 2.23. The van der Waals surface area contributed by atoms with Crippen LogP contribution in [-0.4, -0.2) is 56.0 Å². The van der Waals surface area contributed by atoms with E-state index >= 15 is 0 Å². The van der Waals surface area contributed by atoms with Gasteiger partial charge in [0.2, 0.25) is 0 Å². The van der Waals surface area contributed by atoms with Crippen molar-refractivity contribution in [3.8, 4) is 0 Å². The molecular formula is C17H27FIN3O2S. The number of nitrogens with one attached hydrogen (secondary N) is 1. The molecule has 1 aromatic rings. The van der Waals surface area contributed by atoms with E-state index in [-0.39, 0.29) is 35.5 Å². The predicted molar refractivity (Wildman–Crippen MR) is 111 cm³/mol. The number of rotatable bonds is 4. The summed E-state index contributed by atoms with van der Waals surface area (Å²) >= 11 is 0. The number of hydrogen-bond acceptors (Lipinski definition) is 3. The van der Waals surface area contributed by atoms with Gasteiger partial charge in [0.15, 0.2) is 15.8 Å². The van der Waals surface area contributed by atoms with Gasteiger partial charge in [-0.25, -0.2) is 12.8 Å². The van der Waals surface area contributed by atoms with E-state index in [2.05, 4.69) is 10.3 Å². The van der Waals surface area contributed by atoms with Crippen molar-refractivity contribution in [1.82, 2.24) is 10.2 Å². The third-order valence-electron chi connectivity index (χ3n) is 4.28. The molecule has 142 valence electrons. The molecule has 1 aliphatic rings. The number of benzene rings is 1. The van der Waals surface area contributed by atoms with Crippen LogP contribution >= 0.6 is 24.0 Å². The van der Waals surface area contributed by atoms with E-state index in [0.29, 0.717) is 44.1 Å². The molecule has 1 fully saturated rings. The van der Waals surface area contributed by atoms with E-state index in [4.69, 9.17) is 0 Å². The monoisotopic (exact) mass is 483 g/mol. The van der Waals surface area contributed by atoms with Crippen molar-refractivity contribution in [2.75, 3.05) is 31.9 Å². The summed E-state index contributed by atoms with van der Waals surface area (Å²) in [5, 5.41) is 3.21. The first-order valence-corrected chi connectivity index (χ1v) is 9.91. The summed E-state index contributed by atoms with van der Waals surface area (Å²) in [6, 6.07) is 6.68. The number of hydrogen-bond donors (Lipinski definition) is 1. The SMILES string of the molecule is CCNC(=NCCc1ccccc1F)N1CCS(=O)(=O)C(C)(C)C1.I. The van der Waals surface area contributed by atoms with Crippen molar-refractivity contribution < 1.29 is 12.8 Å². The highest BCUT2D eigenvalue weighted by Gasteiger charge is 2.40. The first-order chi connectivity index (χ1) is 11.3. The zero-order valence-corrected chi connectivity index (χ0v) is 18.1. The van der Waals surface area contributed by atoms with E-state index in [1.54, 1.807) is 26.0 Å². The third-order valence-corrected chi connectivity index (χ3v) is 6.81. The molecular weight excluding hydrogens is 456 g/mol. The summed E-state index contributed by atoms with van der Waals surface area (Å²) in [5.41, 5.74) is 0.638. The van der Waals surface area contributed by atoms with Gasteiger partial charge >= 0.3 is 0 Å². The van der Waals surface area contributed by atoms with Gasteiger partial charge < -0.3 is 10.2 Å². The molecule has 0 radical (unpaired) electrons. The first kappa shape index (κ1) is 22.1. The number of halogens is 2. The van der Waals surface area contributed by atoms with Crippen LogP contribution in [0, 0.1) is 5.82 Å². The fourth-order valence-electron chi connectivity index (χ4n) is 2.73. The molecule has 0 saturated carbocycles. The number of aliphatic imine (C=N–C) groups is 1. The minimum atomic E-state index is -3.09. The van der Waals surface area contributed by atoms with Crippen LogP contribution in [0.5, 0.6) is 0 Å². The molecule has 1 saturated heterocycles. The molecule has 0 unspecified atom stereocenters. The second-order valence-electron chi connectivity index (χ2n) is 6.58. The van der Waals surface area contributed by atoms with E-state index in [1.165, 1.54) is 6.07 Å². The summed E-state index contributed by atoms with van der Waals surface area (Å²) in [6.45, 7) is 7.44. The molecule has 0 amide bonds. The van der Waals surface area contributed by atoms with Crippen molar-refractivity contribution in [3.05, 3.63) is 35.6 Å². The zero-order chi connectivity index (χ0) is 17.8. The molecule has 1 aliphatic heterocycles. The summed E-state index contributed by atoms with van der Waals surface area (Å²) in [6.07, 6.45) is 0.511. The van der Waals surface area contributed by atoms with E-state index < -0.39 is 14.6 Å². The normalized spacial score (nSPS) is 19.2. The Balaban J connectivity index is 0.00000312. The molecule has 5 nitrogen and oxygen atoms in total. The Labute approximate surface area is 167 Å². The Morgan fingerprint density at radius 3 is 2.64 bits per heavy atom. The largest absolute Gasteiger partial charge is 0.357 e. The van der Waals surface area contributed by atoms with Crippen LogP contribution in [0.15, 0.2) is 29.3 Å². The van der Waals surface area contributed by atoms with Gasteiger partial charge in [-0.15, -0.1) is 24.0 Å².